The number of nitrogens with zero attached hydrogens (tertiary/aromatic N) is 2. The Morgan fingerprint density at radius 2 is 2.11 bits per heavy atom. The summed E-state index contributed by atoms with van der Waals surface area (Å²) in [5, 5.41) is 6.57. The first-order valence-electron chi connectivity index (χ1n) is 6.18. The normalized spacial score (nSPS) is 11.4. The fourth-order valence-corrected chi connectivity index (χ4v) is 2.44. The van der Waals surface area contributed by atoms with Gasteiger partial charge in [-0.15, -0.1) is 11.3 Å². The molecule has 0 aromatic carbocycles. The predicted molar refractivity (Wildman–Crippen MR) is 78.9 cm³/mol. The molecule has 1 N–H and O–H groups in total. The van der Waals surface area contributed by atoms with E-state index in [4.69, 9.17) is 4.74 Å². The lowest BCUT2D eigenvalue weighted by atomic mass is 9.98. The van der Waals surface area contributed by atoms with Gasteiger partial charge in [-0.25, -0.2) is 9.97 Å². The number of pyridine rings is 1. The zero-order valence-electron chi connectivity index (χ0n) is 11.7. The first-order chi connectivity index (χ1) is 8.99. The van der Waals surface area contributed by atoms with Crippen LogP contribution in [0.2, 0.25) is 0 Å². The van der Waals surface area contributed by atoms with Crippen molar-refractivity contribution in [2.75, 3.05) is 12.4 Å². The van der Waals surface area contributed by atoms with Crippen LogP contribution in [0.3, 0.4) is 0 Å². The van der Waals surface area contributed by atoms with E-state index in [2.05, 4.69) is 41.4 Å². The van der Waals surface area contributed by atoms with Gasteiger partial charge in [-0.1, -0.05) is 20.8 Å². The maximum Gasteiger partial charge on any atom is 0.213 e. The van der Waals surface area contributed by atoms with Gasteiger partial charge in [0, 0.05) is 16.9 Å². The first kappa shape index (κ1) is 13.8. The van der Waals surface area contributed by atoms with E-state index in [9.17, 15) is 0 Å². The summed E-state index contributed by atoms with van der Waals surface area (Å²) in [7, 11) is 1.61. The van der Waals surface area contributed by atoms with Crippen molar-refractivity contribution in [1.82, 2.24) is 9.97 Å². The minimum absolute atomic E-state index is 0.116. The average Bonchev–Trinajstić information content (AvgIpc) is 2.86. The van der Waals surface area contributed by atoms with E-state index in [0.29, 0.717) is 12.4 Å². The minimum Gasteiger partial charge on any atom is -0.481 e. The number of hydrogen-bond acceptors (Lipinski definition) is 5. The van der Waals surface area contributed by atoms with Gasteiger partial charge in [0.05, 0.1) is 36.2 Å². The van der Waals surface area contributed by atoms with Gasteiger partial charge in [0.2, 0.25) is 5.88 Å². The molecule has 0 saturated heterocycles. The molecule has 5 heteroatoms. The minimum atomic E-state index is 0.116. The smallest absolute Gasteiger partial charge is 0.213 e. The number of methoxy groups -OCH3 is 1. The largest absolute Gasteiger partial charge is 0.481 e. The van der Waals surface area contributed by atoms with Crippen LogP contribution >= 0.6 is 11.3 Å². The van der Waals surface area contributed by atoms with Crippen LogP contribution < -0.4 is 10.1 Å². The van der Waals surface area contributed by atoms with E-state index in [1.807, 2.05) is 12.1 Å². The predicted octanol–water partition coefficient (Wildman–Crippen LogP) is 3.46. The second kappa shape index (κ2) is 5.57. The highest BCUT2D eigenvalue weighted by molar-refractivity contribution is 7.09. The summed E-state index contributed by atoms with van der Waals surface area (Å²) in [4.78, 5) is 8.79. The highest BCUT2D eigenvalue weighted by Crippen LogP contribution is 2.25. The number of thiazole rings is 1. The average molecular weight is 277 g/mol. The molecule has 2 aromatic heterocycles. The van der Waals surface area contributed by atoms with Crippen LogP contribution in [0.1, 0.15) is 31.5 Å². The Kier molecular flexibility index (Phi) is 4.04. The van der Waals surface area contributed by atoms with Gasteiger partial charge in [0.15, 0.2) is 0 Å². The van der Waals surface area contributed by atoms with Crippen LogP contribution in [0.4, 0.5) is 5.69 Å². The summed E-state index contributed by atoms with van der Waals surface area (Å²) in [6.45, 7) is 7.24. The molecule has 0 atom stereocenters. The molecule has 0 fully saturated rings. The molecule has 2 aromatic rings. The summed E-state index contributed by atoms with van der Waals surface area (Å²) >= 11 is 1.71. The summed E-state index contributed by atoms with van der Waals surface area (Å²) in [6, 6.07) is 3.78. The molecule has 0 unspecified atom stereocenters. The van der Waals surface area contributed by atoms with E-state index in [0.717, 1.165) is 16.4 Å². The number of hydrogen-bond donors (Lipinski definition) is 1. The molecule has 0 aliphatic carbocycles. The Balaban J connectivity index is 1.96. The topological polar surface area (TPSA) is 47.0 Å². The van der Waals surface area contributed by atoms with Crippen molar-refractivity contribution in [2.45, 2.75) is 32.7 Å². The Bertz CT molecular complexity index is 528. The molecular formula is C14H19N3OS. The molecule has 2 heterocycles. The maximum atomic E-state index is 5.02. The van der Waals surface area contributed by atoms with E-state index in [-0.39, 0.29) is 5.41 Å². The van der Waals surface area contributed by atoms with Crippen molar-refractivity contribution in [3.05, 3.63) is 34.4 Å². The van der Waals surface area contributed by atoms with Crippen molar-refractivity contribution in [3.63, 3.8) is 0 Å². The van der Waals surface area contributed by atoms with Crippen LogP contribution in [0, 0.1) is 0 Å². The molecule has 0 saturated carbocycles. The van der Waals surface area contributed by atoms with Crippen molar-refractivity contribution < 1.29 is 4.74 Å². The standard InChI is InChI=1S/C14H19N3OS/c1-14(2,3)13-17-11(9-19-13)8-15-10-5-6-12(18-4)16-7-10/h5-7,9,15H,8H2,1-4H3. The molecule has 2 rings (SSSR count). The SMILES string of the molecule is COc1ccc(NCc2csc(C(C)(C)C)n2)cn1. The van der Waals surface area contributed by atoms with Crippen molar-refractivity contribution in [3.8, 4) is 5.88 Å². The second-order valence-electron chi connectivity index (χ2n) is 5.34. The third-order valence-corrected chi connectivity index (χ3v) is 3.93. The van der Waals surface area contributed by atoms with Crippen LogP contribution in [-0.4, -0.2) is 17.1 Å². The van der Waals surface area contributed by atoms with Crippen LogP contribution in [0.15, 0.2) is 23.7 Å². The summed E-state index contributed by atoms with van der Waals surface area (Å²) in [5.41, 5.74) is 2.14. The summed E-state index contributed by atoms with van der Waals surface area (Å²) in [6.07, 6.45) is 1.76. The maximum absolute atomic E-state index is 5.02. The summed E-state index contributed by atoms with van der Waals surface area (Å²) in [5.74, 6) is 0.620. The van der Waals surface area contributed by atoms with Crippen molar-refractivity contribution in [1.29, 1.82) is 0 Å². The van der Waals surface area contributed by atoms with E-state index < -0.39 is 0 Å². The second-order valence-corrected chi connectivity index (χ2v) is 6.19. The van der Waals surface area contributed by atoms with Crippen LogP contribution in [-0.2, 0) is 12.0 Å². The van der Waals surface area contributed by atoms with Crippen molar-refractivity contribution >= 4 is 17.0 Å². The number of rotatable bonds is 4. The molecular weight excluding hydrogens is 258 g/mol. The fourth-order valence-electron chi connectivity index (χ4n) is 1.53. The quantitative estimate of drug-likeness (QED) is 0.929. The van der Waals surface area contributed by atoms with E-state index in [1.54, 1.807) is 24.6 Å². The number of aromatic nitrogens is 2. The molecule has 0 aliphatic heterocycles. The molecule has 4 nitrogen and oxygen atoms in total. The van der Waals surface area contributed by atoms with Gasteiger partial charge in [-0.2, -0.15) is 0 Å². The molecule has 0 amide bonds. The lowest BCUT2D eigenvalue weighted by Gasteiger charge is -2.13. The van der Waals surface area contributed by atoms with E-state index >= 15 is 0 Å². The monoisotopic (exact) mass is 277 g/mol. The third kappa shape index (κ3) is 3.67. The van der Waals surface area contributed by atoms with Crippen LogP contribution in [0.5, 0.6) is 5.88 Å². The molecule has 0 radical (unpaired) electrons. The highest BCUT2D eigenvalue weighted by atomic mass is 32.1. The zero-order valence-corrected chi connectivity index (χ0v) is 12.5. The third-order valence-electron chi connectivity index (χ3n) is 2.61. The van der Waals surface area contributed by atoms with E-state index in [1.165, 1.54) is 0 Å². The fraction of sp³-hybridized carbons (Fsp3) is 0.429. The Morgan fingerprint density at radius 1 is 1.32 bits per heavy atom. The van der Waals surface area contributed by atoms with Crippen LogP contribution in [0.25, 0.3) is 0 Å². The van der Waals surface area contributed by atoms with Gasteiger partial charge < -0.3 is 10.1 Å². The number of nitrogens with one attached hydrogen (secondary N) is 1. The molecule has 0 aliphatic rings. The highest BCUT2D eigenvalue weighted by Gasteiger charge is 2.17. The Labute approximate surface area is 117 Å². The summed E-state index contributed by atoms with van der Waals surface area (Å²) < 4.78 is 5.02. The number of anilines is 1. The molecule has 0 bridgehead atoms. The van der Waals surface area contributed by atoms with Gasteiger partial charge >= 0.3 is 0 Å². The number of ether oxygens (including phenoxy) is 1. The lowest BCUT2D eigenvalue weighted by molar-refractivity contribution is 0.398. The van der Waals surface area contributed by atoms with Gasteiger partial charge in [0.25, 0.3) is 0 Å². The van der Waals surface area contributed by atoms with Gasteiger partial charge in [0.1, 0.15) is 0 Å². The van der Waals surface area contributed by atoms with Gasteiger partial charge in [-0.05, 0) is 6.07 Å². The Morgan fingerprint density at radius 3 is 2.63 bits per heavy atom. The lowest BCUT2D eigenvalue weighted by Crippen LogP contribution is -2.11. The van der Waals surface area contributed by atoms with Gasteiger partial charge in [-0.3, -0.25) is 0 Å². The Hall–Kier alpha value is -1.62. The first-order valence-corrected chi connectivity index (χ1v) is 7.06. The van der Waals surface area contributed by atoms with Crippen molar-refractivity contribution in [2.24, 2.45) is 0 Å². The molecule has 0 spiro atoms. The molecule has 102 valence electrons. The zero-order chi connectivity index (χ0) is 13.9. The molecule has 19 heavy (non-hydrogen) atoms.